The second-order valence-electron chi connectivity index (χ2n) is 7.47. The largest absolute Gasteiger partial charge is 0.381 e. The Bertz CT molecular complexity index is 1190. The molecular formula is C21H21F3N4O2S2. The van der Waals surface area contributed by atoms with Gasteiger partial charge in [-0.2, -0.15) is 0 Å². The Kier molecular flexibility index (Phi) is 6.40. The van der Waals surface area contributed by atoms with Crippen LogP contribution in [0, 0.1) is 17.5 Å². The highest BCUT2D eigenvalue weighted by atomic mass is 32.2. The van der Waals surface area contributed by atoms with Crippen molar-refractivity contribution < 1.29 is 21.6 Å². The zero-order chi connectivity index (χ0) is 22.9. The zero-order valence-electron chi connectivity index (χ0n) is 17.1. The van der Waals surface area contributed by atoms with Crippen LogP contribution < -0.4 is 10.0 Å². The molecule has 170 valence electrons. The Labute approximate surface area is 188 Å². The van der Waals surface area contributed by atoms with E-state index < -0.39 is 32.4 Å². The van der Waals surface area contributed by atoms with Crippen molar-refractivity contribution in [2.45, 2.75) is 30.8 Å². The summed E-state index contributed by atoms with van der Waals surface area (Å²) >= 11 is 1.13. The lowest BCUT2D eigenvalue weighted by Crippen LogP contribution is -2.39. The number of hydrogen-bond donors (Lipinski definition) is 2. The predicted octanol–water partition coefficient (Wildman–Crippen LogP) is 4.74. The van der Waals surface area contributed by atoms with Gasteiger partial charge in [-0.05, 0) is 50.2 Å². The minimum Gasteiger partial charge on any atom is -0.381 e. The molecule has 0 unspecified atom stereocenters. The molecule has 2 N–H and O–H groups in total. The molecule has 0 amide bonds. The molecule has 4 rings (SSSR count). The Hall–Kier alpha value is -2.63. The summed E-state index contributed by atoms with van der Waals surface area (Å²) in [5, 5.41) is 4.21. The molecule has 0 spiro atoms. The maximum Gasteiger partial charge on any atom is 0.268 e. The van der Waals surface area contributed by atoms with Gasteiger partial charge in [-0.15, -0.1) is 11.3 Å². The average molecular weight is 483 g/mol. The van der Waals surface area contributed by atoms with Gasteiger partial charge in [-0.1, -0.05) is 12.1 Å². The van der Waals surface area contributed by atoms with Gasteiger partial charge in [0.15, 0.2) is 10.7 Å². The Morgan fingerprint density at radius 1 is 1.16 bits per heavy atom. The summed E-state index contributed by atoms with van der Waals surface area (Å²) < 4.78 is 70.6. The minimum atomic E-state index is -4.51. The number of thiazole rings is 1. The Morgan fingerprint density at radius 2 is 1.88 bits per heavy atom. The van der Waals surface area contributed by atoms with Crippen molar-refractivity contribution >= 4 is 32.9 Å². The lowest BCUT2D eigenvalue weighted by atomic mass is 9.97. The minimum absolute atomic E-state index is 0.00147. The predicted molar refractivity (Wildman–Crippen MR) is 118 cm³/mol. The lowest BCUT2D eigenvalue weighted by Gasteiger charge is -2.37. The van der Waals surface area contributed by atoms with Crippen molar-refractivity contribution in [2.24, 2.45) is 0 Å². The van der Waals surface area contributed by atoms with Crippen LogP contribution in [0.2, 0.25) is 0 Å². The van der Waals surface area contributed by atoms with Gasteiger partial charge >= 0.3 is 0 Å². The van der Waals surface area contributed by atoms with Gasteiger partial charge < -0.3 is 5.32 Å². The summed E-state index contributed by atoms with van der Waals surface area (Å²) in [7, 11) is -4.51. The molecule has 3 aromatic rings. The van der Waals surface area contributed by atoms with E-state index in [-0.39, 0.29) is 24.1 Å². The first-order chi connectivity index (χ1) is 15.3. The number of benzene rings is 2. The van der Waals surface area contributed by atoms with E-state index in [9.17, 15) is 21.6 Å². The number of nitrogens with one attached hydrogen (secondary N) is 2. The normalized spacial score (nSPS) is 15.2. The van der Waals surface area contributed by atoms with Crippen molar-refractivity contribution in [1.82, 2.24) is 9.88 Å². The summed E-state index contributed by atoms with van der Waals surface area (Å²) in [5.41, 5.74) is 2.58. The fraction of sp³-hybridized carbons (Fsp3) is 0.286. The lowest BCUT2D eigenvalue weighted by molar-refractivity contribution is 0.128. The van der Waals surface area contributed by atoms with E-state index in [1.165, 1.54) is 17.0 Å². The molecule has 1 aliphatic heterocycles. The van der Waals surface area contributed by atoms with E-state index in [2.05, 4.69) is 15.2 Å². The van der Waals surface area contributed by atoms with E-state index >= 15 is 0 Å². The summed E-state index contributed by atoms with van der Waals surface area (Å²) in [5.74, 6) is -2.98. The van der Waals surface area contributed by atoms with Crippen molar-refractivity contribution in [3.63, 3.8) is 0 Å². The summed E-state index contributed by atoms with van der Waals surface area (Å²) in [6.45, 7) is 3.85. The molecule has 0 aliphatic carbocycles. The molecule has 1 fully saturated rings. The van der Waals surface area contributed by atoms with E-state index in [4.69, 9.17) is 0 Å². The van der Waals surface area contributed by atoms with Crippen molar-refractivity contribution in [1.29, 1.82) is 0 Å². The number of hydrogen-bond acceptors (Lipinski definition) is 6. The molecule has 2 heterocycles. The van der Waals surface area contributed by atoms with Crippen molar-refractivity contribution in [3.05, 3.63) is 69.8 Å². The monoisotopic (exact) mass is 482 g/mol. The van der Waals surface area contributed by atoms with Crippen LogP contribution >= 0.6 is 11.3 Å². The van der Waals surface area contributed by atoms with Gasteiger partial charge in [0.25, 0.3) is 10.0 Å². The van der Waals surface area contributed by atoms with Crippen LogP contribution in [-0.4, -0.2) is 31.4 Å². The highest BCUT2D eigenvalue weighted by Gasteiger charge is 2.27. The van der Waals surface area contributed by atoms with Crippen LogP contribution in [0.5, 0.6) is 0 Å². The van der Waals surface area contributed by atoms with Gasteiger partial charge in [-0.25, -0.2) is 26.6 Å². The quantitative estimate of drug-likeness (QED) is 0.485. The van der Waals surface area contributed by atoms with Crippen LogP contribution in [0.15, 0.2) is 46.1 Å². The fourth-order valence-electron chi connectivity index (χ4n) is 3.64. The Balaban J connectivity index is 1.55. The van der Waals surface area contributed by atoms with Crippen LogP contribution in [0.3, 0.4) is 0 Å². The molecule has 0 bridgehead atoms. The molecule has 1 saturated heterocycles. The standard InChI is InChI=1S/C21H21F3N4O2S2/c1-13(28-6-3-7-28)15-4-2-5-17(22)16(15)10-25-14-8-18(23)21(19(24)9-14)32(29,30)27-20-11-31-12-26-20/h2,4-5,8-9,11-13,25,27H,3,6-7,10H2,1H3/t13-/m1/s1. The van der Waals surface area contributed by atoms with Gasteiger partial charge in [0.05, 0.1) is 5.51 Å². The third kappa shape index (κ3) is 4.59. The summed E-state index contributed by atoms with van der Waals surface area (Å²) in [6.07, 6.45) is 1.10. The Morgan fingerprint density at radius 3 is 2.47 bits per heavy atom. The highest BCUT2D eigenvalue weighted by Crippen LogP contribution is 2.30. The summed E-state index contributed by atoms with van der Waals surface area (Å²) in [6, 6.07) is 6.57. The van der Waals surface area contributed by atoms with Crippen LogP contribution in [0.1, 0.15) is 30.5 Å². The third-order valence-electron chi connectivity index (χ3n) is 5.45. The molecular weight excluding hydrogens is 461 g/mol. The average Bonchev–Trinajstić information content (AvgIpc) is 3.16. The maximum atomic E-state index is 14.6. The number of rotatable bonds is 8. The van der Waals surface area contributed by atoms with Crippen molar-refractivity contribution in [2.75, 3.05) is 23.1 Å². The van der Waals surface area contributed by atoms with Gasteiger partial charge in [0.1, 0.15) is 17.5 Å². The molecule has 6 nitrogen and oxygen atoms in total. The highest BCUT2D eigenvalue weighted by molar-refractivity contribution is 7.92. The second kappa shape index (κ2) is 9.08. The number of likely N-dealkylation sites (tertiary alicyclic amines) is 1. The van der Waals surface area contributed by atoms with Gasteiger partial charge in [0, 0.05) is 29.2 Å². The number of anilines is 2. The second-order valence-corrected chi connectivity index (χ2v) is 9.81. The first kappa shape index (κ1) is 22.6. The zero-order valence-corrected chi connectivity index (χ0v) is 18.7. The van der Waals surface area contributed by atoms with Gasteiger partial charge in [-0.3, -0.25) is 9.62 Å². The molecule has 32 heavy (non-hydrogen) atoms. The molecule has 0 radical (unpaired) electrons. The molecule has 1 atom stereocenters. The maximum absolute atomic E-state index is 14.6. The third-order valence-corrected chi connectivity index (χ3v) is 7.44. The van der Waals surface area contributed by atoms with Crippen LogP contribution in [0.25, 0.3) is 0 Å². The number of nitrogens with zero attached hydrogens (tertiary/aromatic N) is 2. The van der Waals surface area contributed by atoms with E-state index in [0.717, 1.165) is 48.5 Å². The topological polar surface area (TPSA) is 74.3 Å². The first-order valence-corrected chi connectivity index (χ1v) is 12.3. The van der Waals surface area contributed by atoms with E-state index in [0.29, 0.717) is 5.56 Å². The van der Waals surface area contributed by atoms with Crippen LogP contribution in [0.4, 0.5) is 24.7 Å². The molecule has 0 saturated carbocycles. The molecule has 1 aromatic heterocycles. The fourth-order valence-corrected chi connectivity index (χ4v) is 5.32. The number of aromatic nitrogens is 1. The van der Waals surface area contributed by atoms with Crippen molar-refractivity contribution in [3.8, 4) is 0 Å². The molecule has 11 heteroatoms. The first-order valence-electron chi connectivity index (χ1n) is 9.91. The molecule has 1 aliphatic rings. The number of sulfonamides is 1. The smallest absolute Gasteiger partial charge is 0.268 e. The van der Waals surface area contributed by atoms with E-state index in [1.54, 1.807) is 6.07 Å². The summed E-state index contributed by atoms with van der Waals surface area (Å²) in [4.78, 5) is 4.86. The van der Waals surface area contributed by atoms with E-state index in [1.807, 2.05) is 17.7 Å². The van der Waals surface area contributed by atoms with Gasteiger partial charge in [0.2, 0.25) is 0 Å². The number of halogens is 3. The molecule has 2 aromatic carbocycles. The van der Waals surface area contributed by atoms with Crippen LogP contribution in [-0.2, 0) is 16.6 Å². The SMILES string of the molecule is C[C@H](c1cccc(F)c1CNc1cc(F)c(S(=O)(=O)Nc2cscn2)c(F)c1)N1CCC1.